The van der Waals surface area contributed by atoms with Gasteiger partial charge in [0, 0.05) is 56.6 Å². The van der Waals surface area contributed by atoms with Crippen LogP contribution in [0.2, 0.25) is 0 Å². The summed E-state index contributed by atoms with van der Waals surface area (Å²) in [6.07, 6.45) is 8.90. The highest BCUT2D eigenvalue weighted by Crippen LogP contribution is 2.33. The van der Waals surface area contributed by atoms with Crippen molar-refractivity contribution >= 4 is 11.8 Å². The van der Waals surface area contributed by atoms with Gasteiger partial charge in [0.05, 0.1) is 6.04 Å². The Kier molecular flexibility index (Phi) is 7.19. The van der Waals surface area contributed by atoms with Crippen molar-refractivity contribution in [1.82, 2.24) is 20.1 Å². The number of nitrogens with zero attached hydrogens (tertiary/aromatic N) is 3. The highest BCUT2D eigenvalue weighted by molar-refractivity contribution is 5.97. The van der Waals surface area contributed by atoms with Crippen molar-refractivity contribution in [2.45, 2.75) is 52.0 Å². The lowest BCUT2D eigenvalue weighted by Gasteiger charge is -2.26. The number of amides is 2. The zero-order valence-electron chi connectivity index (χ0n) is 21.1. The van der Waals surface area contributed by atoms with E-state index in [1.54, 1.807) is 6.20 Å². The SMILES string of the molecule is Cc1cccc(C)c1C(=O)N1CC2CN(CCC(NC(=O)C3CCCC3)c3cccnc3)C[C@H]2C1. The Morgan fingerprint density at radius 3 is 2.31 bits per heavy atom. The number of rotatable bonds is 7. The highest BCUT2D eigenvalue weighted by atomic mass is 16.2. The molecule has 2 aliphatic heterocycles. The Hall–Kier alpha value is -2.73. The van der Waals surface area contributed by atoms with E-state index < -0.39 is 0 Å². The number of pyridine rings is 1. The Morgan fingerprint density at radius 2 is 1.69 bits per heavy atom. The molecule has 2 saturated heterocycles. The molecule has 1 aromatic heterocycles. The molecule has 5 rings (SSSR count). The summed E-state index contributed by atoms with van der Waals surface area (Å²) in [6.45, 7) is 8.75. The van der Waals surface area contributed by atoms with Gasteiger partial charge in [-0.25, -0.2) is 0 Å². The average molecular weight is 475 g/mol. The molecule has 3 atom stereocenters. The fraction of sp³-hybridized carbons (Fsp3) is 0.552. The smallest absolute Gasteiger partial charge is 0.254 e. The lowest BCUT2D eigenvalue weighted by molar-refractivity contribution is -0.125. The van der Waals surface area contributed by atoms with Gasteiger partial charge in [0.1, 0.15) is 0 Å². The van der Waals surface area contributed by atoms with Crippen LogP contribution in [0.1, 0.15) is 65.2 Å². The van der Waals surface area contributed by atoms with Crippen LogP contribution in [-0.2, 0) is 4.79 Å². The third-order valence-corrected chi connectivity index (χ3v) is 8.41. The first kappa shape index (κ1) is 24.0. The van der Waals surface area contributed by atoms with Crippen LogP contribution >= 0.6 is 0 Å². The Balaban J connectivity index is 1.17. The molecule has 2 unspecified atom stereocenters. The van der Waals surface area contributed by atoms with E-state index >= 15 is 0 Å². The van der Waals surface area contributed by atoms with Crippen molar-refractivity contribution in [1.29, 1.82) is 0 Å². The van der Waals surface area contributed by atoms with Crippen LogP contribution in [0, 0.1) is 31.6 Å². The second-order valence-corrected chi connectivity index (χ2v) is 10.9. The van der Waals surface area contributed by atoms with Gasteiger partial charge in [0.2, 0.25) is 5.91 Å². The zero-order chi connectivity index (χ0) is 24.4. The average Bonchev–Trinajstić information content (AvgIpc) is 3.59. The van der Waals surface area contributed by atoms with Crippen molar-refractivity contribution in [3.05, 3.63) is 65.0 Å². The van der Waals surface area contributed by atoms with Gasteiger partial charge < -0.3 is 15.1 Å². The summed E-state index contributed by atoms with van der Waals surface area (Å²) in [6, 6.07) is 10.1. The van der Waals surface area contributed by atoms with Gasteiger partial charge in [-0.05, 0) is 67.7 Å². The molecule has 1 saturated carbocycles. The van der Waals surface area contributed by atoms with E-state index in [2.05, 4.69) is 26.2 Å². The topological polar surface area (TPSA) is 65.5 Å². The number of aromatic nitrogens is 1. The Bertz CT molecular complexity index is 1020. The van der Waals surface area contributed by atoms with Gasteiger partial charge in [-0.15, -0.1) is 0 Å². The van der Waals surface area contributed by atoms with Crippen LogP contribution < -0.4 is 5.32 Å². The molecule has 0 spiro atoms. The number of aryl methyl sites for hydroxylation is 2. The minimum atomic E-state index is -0.000604. The third kappa shape index (κ3) is 5.27. The molecule has 186 valence electrons. The van der Waals surface area contributed by atoms with Crippen LogP contribution in [0.25, 0.3) is 0 Å². The van der Waals surface area contributed by atoms with Crippen LogP contribution in [-0.4, -0.2) is 59.3 Å². The van der Waals surface area contributed by atoms with Crippen LogP contribution in [0.3, 0.4) is 0 Å². The third-order valence-electron chi connectivity index (χ3n) is 8.41. The molecule has 6 heteroatoms. The van der Waals surface area contributed by atoms with Crippen LogP contribution in [0.5, 0.6) is 0 Å². The summed E-state index contributed by atoms with van der Waals surface area (Å²) < 4.78 is 0. The molecule has 2 aromatic rings. The molecule has 35 heavy (non-hydrogen) atoms. The molecule has 3 fully saturated rings. The van der Waals surface area contributed by atoms with Gasteiger partial charge in [-0.3, -0.25) is 14.6 Å². The van der Waals surface area contributed by atoms with Crippen molar-refractivity contribution in [2.24, 2.45) is 17.8 Å². The number of hydrogen-bond donors (Lipinski definition) is 1. The lowest BCUT2D eigenvalue weighted by Crippen LogP contribution is -2.37. The van der Waals surface area contributed by atoms with Gasteiger partial charge in [-0.1, -0.05) is 37.1 Å². The number of hydrogen-bond acceptors (Lipinski definition) is 4. The quantitative estimate of drug-likeness (QED) is 0.655. The molecule has 2 amide bonds. The Labute approximate surface area is 209 Å². The first-order valence-electron chi connectivity index (χ1n) is 13.3. The molecule has 6 nitrogen and oxygen atoms in total. The fourth-order valence-electron chi connectivity index (χ4n) is 6.44. The number of fused-ring (bicyclic) bond motifs is 1. The van der Waals surface area contributed by atoms with E-state index in [1.165, 1.54) is 0 Å². The van der Waals surface area contributed by atoms with E-state index in [0.29, 0.717) is 11.8 Å². The van der Waals surface area contributed by atoms with Gasteiger partial charge in [0.15, 0.2) is 0 Å². The Morgan fingerprint density at radius 1 is 1.00 bits per heavy atom. The van der Waals surface area contributed by atoms with E-state index in [1.807, 2.05) is 44.3 Å². The second-order valence-electron chi connectivity index (χ2n) is 10.9. The molecule has 3 aliphatic rings. The first-order chi connectivity index (χ1) is 17.0. The maximum Gasteiger partial charge on any atom is 0.254 e. The predicted molar refractivity (Wildman–Crippen MR) is 137 cm³/mol. The van der Waals surface area contributed by atoms with E-state index in [9.17, 15) is 9.59 Å². The van der Waals surface area contributed by atoms with E-state index in [4.69, 9.17) is 0 Å². The molecule has 3 heterocycles. The molecular weight excluding hydrogens is 436 g/mol. The molecule has 1 N–H and O–H groups in total. The summed E-state index contributed by atoms with van der Waals surface area (Å²) in [5.41, 5.74) is 4.09. The maximum absolute atomic E-state index is 13.3. The largest absolute Gasteiger partial charge is 0.349 e. The van der Waals surface area contributed by atoms with Gasteiger partial charge in [-0.2, -0.15) is 0 Å². The predicted octanol–water partition coefficient (Wildman–Crippen LogP) is 4.14. The summed E-state index contributed by atoms with van der Waals surface area (Å²) >= 11 is 0. The summed E-state index contributed by atoms with van der Waals surface area (Å²) in [5.74, 6) is 1.63. The maximum atomic E-state index is 13.3. The lowest BCUT2D eigenvalue weighted by atomic mass is 10.0. The summed E-state index contributed by atoms with van der Waals surface area (Å²) in [7, 11) is 0. The highest BCUT2D eigenvalue weighted by Gasteiger charge is 2.42. The zero-order valence-corrected chi connectivity index (χ0v) is 21.1. The molecule has 0 radical (unpaired) electrons. The van der Waals surface area contributed by atoms with Crippen LogP contribution in [0.15, 0.2) is 42.7 Å². The van der Waals surface area contributed by atoms with Crippen molar-refractivity contribution in [3.63, 3.8) is 0 Å². The number of carbonyl (C=O) groups is 2. The monoisotopic (exact) mass is 474 g/mol. The number of benzene rings is 1. The molecule has 1 aromatic carbocycles. The minimum Gasteiger partial charge on any atom is -0.349 e. The van der Waals surface area contributed by atoms with Gasteiger partial charge in [0.25, 0.3) is 5.91 Å². The van der Waals surface area contributed by atoms with E-state index in [0.717, 1.165) is 87.1 Å². The second kappa shape index (κ2) is 10.5. The number of nitrogens with one attached hydrogen (secondary N) is 1. The van der Waals surface area contributed by atoms with Gasteiger partial charge >= 0.3 is 0 Å². The number of carbonyl (C=O) groups excluding carboxylic acids is 2. The molecule has 1 aliphatic carbocycles. The van der Waals surface area contributed by atoms with Crippen molar-refractivity contribution < 1.29 is 9.59 Å². The standard InChI is InChI=1S/C29H38N4O2/c1-20-7-5-8-21(2)27(20)29(35)33-18-24-16-32(17-25(24)19-33)14-12-26(23-11-6-13-30-15-23)31-28(34)22-9-3-4-10-22/h5-8,11,13,15,22,24-26H,3-4,9-10,12,14,16-19H2,1-2H3,(H,31,34)/t24-,25?,26?/m0/s1. The normalized spacial score (nSPS) is 23.4. The number of likely N-dealkylation sites (tertiary alicyclic amines) is 2. The molecular formula is C29H38N4O2. The minimum absolute atomic E-state index is 0.000604. The summed E-state index contributed by atoms with van der Waals surface area (Å²) in [5, 5.41) is 3.34. The van der Waals surface area contributed by atoms with Crippen LogP contribution in [0.4, 0.5) is 0 Å². The fourth-order valence-corrected chi connectivity index (χ4v) is 6.44. The molecule has 0 bridgehead atoms. The van der Waals surface area contributed by atoms with Crippen molar-refractivity contribution in [3.8, 4) is 0 Å². The van der Waals surface area contributed by atoms with E-state index in [-0.39, 0.29) is 23.8 Å². The van der Waals surface area contributed by atoms with Crippen molar-refractivity contribution in [2.75, 3.05) is 32.7 Å². The first-order valence-corrected chi connectivity index (χ1v) is 13.3. The summed E-state index contributed by atoms with van der Waals surface area (Å²) in [4.78, 5) is 35.0.